The van der Waals surface area contributed by atoms with E-state index in [1.807, 2.05) is 11.6 Å². The Morgan fingerprint density at radius 1 is 1.69 bits per heavy atom. The first kappa shape index (κ1) is 9.77. The van der Waals surface area contributed by atoms with Gasteiger partial charge in [-0.3, -0.25) is 9.48 Å². The molecule has 0 aromatic carbocycles. The molecule has 0 bridgehead atoms. The lowest BCUT2D eigenvalue weighted by Gasteiger charge is -2.01. The van der Waals surface area contributed by atoms with Gasteiger partial charge in [0, 0.05) is 17.8 Å². The molecule has 1 heterocycles. The number of aromatic nitrogens is 2. The van der Waals surface area contributed by atoms with Crippen LogP contribution in [0.15, 0.2) is 6.20 Å². The Morgan fingerprint density at radius 2 is 2.38 bits per heavy atom. The third-order valence-electron chi connectivity index (χ3n) is 1.98. The van der Waals surface area contributed by atoms with Crippen LogP contribution in [0.25, 0.3) is 0 Å². The molecular formula is C9H14N2O2. The highest BCUT2D eigenvalue weighted by molar-refractivity contribution is 5.70. The van der Waals surface area contributed by atoms with Crippen LogP contribution < -0.4 is 0 Å². The van der Waals surface area contributed by atoms with Gasteiger partial charge in [0.05, 0.1) is 12.6 Å². The molecule has 0 saturated heterocycles. The predicted molar refractivity (Wildman–Crippen MR) is 48.6 cm³/mol. The number of aliphatic carboxylic acids is 1. The molecule has 0 atom stereocenters. The number of carboxylic acid groups (broad SMARTS) is 1. The lowest BCUT2D eigenvalue weighted by atomic mass is 10.2. The summed E-state index contributed by atoms with van der Waals surface area (Å²) in [5.74, 6) is -0.806. The van der Waals surface area contributed by atoms with Crippen LogP contribution in [0.1, 0.15) is 24.6 Å². The Bertz CT molecular complexity index is 305. The van der Waals surface area contributed by atoms with Gasteiger partial charge in [-0.15, -0.1) is 0 Å². The Kier molecular flexibility index (Phi) is 3.06. The zero-order chi connectivity index (χ0) is 9.84. The summed E-state index contributed by atoms with van der Waals surface area (Å²) in [6.07, 6.45) is 2.71. The van der Waals surface area contributed by atoms with Crippen molar-refractivity contribution < 1.29 is 9.90 Å². The quantitative estimate of drug-likeness (QED) is 0.761. The Balaban J connectivity index is 2.79. The lowest BCUT2D eigenvalue weighted by molar-refractivity contribution is -0.136. The number of carboxylic acids is 1. The normalized spacial score (nSPS) is 10.3. The van der Waals surface area contributed by atoms with E-state index in [1.54, 1.807) is 6.20 Å². The first-order valence-electron chi connectivity index (χ1n) is 4.38. The summed E-state index contributed by atoms with van der Waals surface area (Å²) in [6, 6.07) is 0. The van der Waals surface area contributed by atoms with E-state index in [0.29, 0.717) is 0 Å². The van der Waals surface area contributed by atoms with Gasteiger partial charge in [0.1, 0.15) is 0 Å². The Labute approximate surface area is 77.2 Å². The first-order chi connectivity index (χ1) is 6.15. The molecule has 0 radical (unpaired) electrons. The molecular weight excluding hydrogens is 168 g/mol. The zero-order valence-electron chi connectivity index (χ0n) is 7.95. The van der Waals surface area contributed by atoms with Crippen LogP contribution in [0, 0.1) is 6.92 Å². The number of rotatable bonds is 4. The maximum atomic E-state index is 10.5. The van der Waals surface area contributed by atoms with Gasteiger partial charge in [-0.2, -0.15) is 5.10 Å². The average Bonchev–Trinajstić information content (AvgIpc) is 2.36. The van der Waals surface area contributed by atoms with Crippen LogP contribution in [0.2, 0.25) is 0 Å². The molecule has 0 aliphatic carbocycles. The van der Waals surface area contributed by atoms with E-state index >= 15 is 0 Å². The second kappa shape index (κ2) is 4.07. The van der Waals surface area contributed by atoms with Gasteiger partial charge in [0.2, 0.25) is 0 Å². The minimum absolute atomic E-state index is 0.0650. The van der Waals surface area contributed by atoms with Crippen LogP contribution in [-0.2, 0) is 17.8 Å². The molecule has 1 aromatic heterocycles. The lowest BCUT2D eigenvalue weighted by Crippen LogP contribution is -2.04. The van der Waals surface area contributed by atoms with E-state index in [-0.39, 0.29) is 6.42 Å². The summed E-state index contributed by atoms with van der Waals surface area (Å²) in [4.78, 5) is 10.5. The Morgan fingerprint density at radius 3 is 2.92 bits per heavy atom. The van der Waals surface area contributed by atoms with Gasteiger partial charge in [0.15, 0.2) is 0 Å². The summed E-state index contributed by atoms with van der Waals surface area (Å²) >= 11 is 0. The highest BCUT2D eigenvalue weighted by Gasteiger charge is 2.08. The van der Waals surface area contributed by atoms with Crippen LogP contribution in [0.5, 0.6) is 0 Å². The number of aryl methyl sites for hydroxylation is 1. The molecule has 1 rings (SSSR count). The summed E-state index contributed by atoms with van der Waals surface area (Å²) in [7, 11) is 0. The van der Waals surface area contributed by atoms with E-state index < -0.39 is 5.97 Å². The molecule has 0 fully saturated rings. The average molecular weight is 182 g/mol. The third-order valence-corrected chi connectivity index (χ3v) is 1.98. The van der Waals surface area contributed by atoms with Crippen LogP contribution in [0.4, 0.5) is 0 Å². The zero-order valence-corrected chi connectivity index (χ0v) is 7.95. The van der Waals surface area contributed by atoms with E-state index in [4.69, 9.17) is 5.11 Å². The fraction of sp³-hybridized carbons (Fsp3) is 0.556. The van der Waals surface area contributed by atoms with E-state index in [1.165, 1.54) is 0 Å². The van der Waals surface area contributed by atoms with Crippen molar-refractivity contribution >= 4 is 5.97 Å². The number of hydrogen-bond donors (Lipinski definition) is 1. The van der Waals surface area contributed by atoms with Crippen LogP contribution in [-0.4, -0.2) is 20.9 Å². The smallest absolute Gasteiger partial charge is 0.307 e. The second-order valence-corrected chi connectivity index (χ2v) is 3.05. The topological polar surface area (TPSA) is 55.1 Å². The van der Waals surface area contributed by atoms with Crippen molar-refractivity contribution in [2.24, 2.45) is 0 Å². The highest BCUT2D eigenvalue weighted by atomic mass is 16.4. The fourth-order valence-corrected chi connectivity index (χ4v) is 1.26. The van der Waals surface area contributed by atoms with Gasteiger partial charge in [0.25, 0.3) is 0 Å². The maximum Gasteiger partial charge on any atom is 0.307 e. The fourth-order valence-electron chi connectivity index (χ4n) is 1.26. The third kappa shape index (κ3) is 2.31. The molecule has 0 aliphatic rings. The van der Waals surface area contributed by atoms with Gasteiger partial charge >= 0.3 is 5.97 Å². The van der Waals surface area contributed by atoms with Gasteiger partial charge in [-0.05, 0) is 13.3 Å². The molecule has 1 N–H and O–H groups in total. The molecule has 4 nitrogen and oxygen atoms in total. The standard InChI is InChI=1S/C9H14N2O2/c1-3-4-11-7(2)8(6-10-11)5-9(12)13/h6H,3-5H2,1-2H3,(H,12,13). The number of hydrogen-bond acceptors (Lipinski definition) is 2. The van der Waals surface area contributed by atoms with E-state index in [0.717, 1.165) is 24.2 Å². The van der Waals surface area contributed by atoms with Gasteiger partial charge < -0.3 is 5.11 Å². The van der Waals surface area contributed by atoms with Crippen LogP contribution >= 0.6 is 0 Å². The van der Waals surface area contributed by atoms with Gasteiger partial charge in [-0.25, -0.2) is 0 Å². The van der Waals surface area contributed by atoms with Crippen molar-refractivity contribution in [1.29, 1.82) is 0 Å². The first-order valence-corrected chi connectivity index (χ1v) is 4.38. The molecule has 0 aliphatic heterocycles. The minimum atomic E-state index is -0.806. The molecule has 4 heteroatoms. The minimum Gasteiger partial charge on any atom is -0.481 e. The summed E-state index contributed by atoms with van der Waals surface area (Å²) in [5, 5.41) is 12.7. The molecule has 0 unspecified atom stereocenters. The van der Waals surface area contributed by atoms with Crippen molar-refractivity contribution in [3.63, 3.8) is 0 Å². The largest absolute Gasteiger partial charge is 0.481 e. The van der Waals surface area contributed by atoms with Crippen molar-refractivity contribution in [1.82, 2.24) is 9.78 Å². The second-order valence-electron chi connectivity index (χ2n) is 3.05. The van der Waals surface area contributed by atoms with Crippen molar-refractivity contribution in [3.05, 3.63) is 17.5 Å². The van der Waals surface area contributed by atoms with Crippen LogP contribution in [0.3, 0.4) is 0 Å². The molecule has 72 valence electrons. The number of nitrogens with zero attached hydrogens (tertiary/aromatic N) is 2. The molecule has 0 spiro atoms. The van der Waals surface area contributed by atoms with E-state index in [9.17, 15) is 4.79 Å². The maximum absolute atomic E-state index is 10.5. The molecule has 13 heavy (non-hydrogen) atoms. The Hall–Kier alpha value is -1.32. The van der Waals surface area contributed by atoms with E-state index in [2.05, 4.69) is 12.0 Å². The SMILES string of the molecule is CCCn1ncc(CC(=O)O)c1C. The van der Waals surface area contributed by atoms with Crippen molar-refractivity contribution in [2.45, 2.75) is 33.2 Å². The highest BCUT2D eigenvalue weighted by Crippen LogP contribution is 2.08. The summed E-state index contributed by atoms with van der Waals surface area (Å²) in [6.45, 7) is 4.82. The molecule has 0 saturated carbocycles. The summed E-state index contributed by atoms with van der Waals surface area (Å²) in [5.41, 5.74) is 1.77. The van der Waals surface area contributed by atoms with Crippen molar-refractivity contribution in [3.8, 4) is 0 Å². The van der Waals surface area contributed by atoms with Gasteiger partial charge in [-0.1, -0.05) is 6.92 Å². The number of carbonyl (C=O) groups is 1. The molecule has 0 amide bonds. The summed E-state index contributed by atoms with van der Waals surface area (Å²) < 4.78 is 1.85. The monoisotopic (exact) mass is 182 g/mol. The van der Waals surface area contributed by atoms with Crippen molar-refractivity contribution in [2.75, 3.05) is 0 Å². The molecule has 1 aromatic rings. The predicted octanol–water partition coefficient (Wildman–Crippen LogP) is 1.23.